The highest BCUT2D eigenvalue weighted by Gasteiger charge is 2.34. The van der Waals surface area contributed by atoms with E-state index in [-0.39, 0.29) is 25.7 Å². The van der Waals surface area contributed by atoms with Gasteiger partial charge in [0.05, 0.1) is 0 Å². The molecule has 0 aromatic rings. The average molecular weight is 366 g/mol. The molecule has 2 aliphatic rings. The monoisotopic (exact) mass is 366 g/mol. The summed E-state index contributed by atoms with van der Waals surface area (Å²) in [5, 5.41) is 5.07. The van der Waals surface area contributed by atoms with Gasteiger partial charge in [-0.3, -0.25) is 19.2 Å². The largest absolute Gasteiger partial charge is 0.337 e. The van der Waals surface area contributed by atoms with Crippen LogP contribution in [0.2, 0.25) is 0 Å². The van der Waals surface area contributed by atoms with Crippen molar-refractivity contribution in [1.82, 2.24) is 20.4 Å². The van der Waals surface area contributed by atoms with Gasteiger partial charge in [0, 0.05) is 38.8 Å². The highest BCUT2D eigenvalue weighted by atomic mass is 16.2. The molecule has 10 heteroatoms. The summed E-state index contributed by atoms with van der Waals surface area (Å²) < 4.78 is 0. The standard InChI is InChI=1S/C16H22N4O6/c21-11-5-6-12(22)19(11)15(25)17-9-3-1-2-4-10-18-16(26)20-13(23)7-8-14(20)24/h1-10H2,(H,17,25)(H,18,26). The zero-order valence-electron chi connectivity index (χ0n) is 14.4. The predicted octanol–water partition coefficient (Wildman–Crippen LogP) is 0.264. The zero-order chi connectivity index (χ0) is 19.1. The third-order valence-electron chi connectivity index (χ3n) is 4.17. The van der Waals surface area contributed by atoms with E-state index in [4.69, 9.17) is 0 Å². The van der Waals surface area contributed by atoms with E-state index < -0.39 is 35.7 Å². The van der Waals surface area contributed by atoms with Crippen LogP contribution in [0.1, 0.15) is 51.4 Å². The second-order valence-corrected chi connectivity index (χ2v) is 6.12. The van der Waals surface area contributed by atoms with Gasteiger partial charge in [-0.15, -0.1) is 0 Å². The van der Waals surface area contributed by atoms with Crippen LogP contribution >= 0.6 is 0 Å². The lowest BCUT2D eigenvalue weighted by Gasteiger charge is -2.13. The summed E-state index contributed by atoms with van der Waals surface area (Å²) in [5.74, 6) is -1.90. The van der Waals surface area contributed by atoms with E-state index in [1.165, 1.54) is 0 Å². The summed E-state index contributed by atoms with van der Waals surface area (Å²) >= 11 is 0. The summed E-state index contributed by atoms with van der Waals surface area (Å²) in [6.07, 6.45) is 3.19. The van der Waals surface area contributed by atoms with Crippen molar-refractivity contribution in [3.8, 4) is 0 Å². The smallest absolute Gasteiger partial charge is 0.331 e. The van der Waals surface area contributed by atoms with E-state index in [0.717, 1.165) is 12.8 Å². The van der Waals surface area contributed by atoms with Gasteiger partial charge in [-0.25, -0.2) is 19.4 Å². The van der Waals surface area contributed by atoms with E-state index >= 15 is 0 Å². The maximum atomic E-state index is 11.7. The van der Waals surface area contributed by atoms with E-state index in [2.05, 4.69) is 10.6 Å². The lowest BCUT2D eigenvalue weighted by molar-refractivity contribution is -0.136. The van der Waals surface area contributed by atoms with Crippen molar-refractivity contribution in [2.24, 2.45) is 0 Å². The summed E-state index contributed by atoms with van der Waals surface area (Å²) in [7, 11) is 0. The molecule has 2 aliphatic heterocycles. The average Bonchev–Trinajstić information content (AvgIpc) is 3.11. The molecule has 0 aromatic heterocycles. The van der Waals surface area contributed by atoms with E-state index in [9.17, 15) is 28.8 Å². The van der Waals surface area contributed by atoms with Crippen molar-refractivity contribution < 1.29 is 28.8 Å². The number of imide groups is 6. The minimum absolute atomic E-state index is 0.0760. The molecular formula is C16H22N4O6. The number of carbonyl (C=O) groups excluding carboxylic acids is 6. The summed E-state index contributed by atoms with van der Waals surface area (Å²) in [4.78, 5) is 70.3. The molecule has 2 N–H and O–H groups in total. The Morgan fingerprint density at radius 2 is 0.923 bits per heavy atom. The summed E-state index contributed by atoms with van der Waals surface area (Å²) in [6, 6.07) is -1.35. The second-order valence-electron chi connectivity index (χ2n) is 6.12. The second kappa shape index (κ2) is 9.07. The number of carbonyl (C=O) groups is 6. The molecule has 0 aliphatic carbocycles. The maximum Gasteiger partial charge on any atom is 0.331 e. The van der Waals surface area contributed by atoms with Crippen molar-refractivity contribution in [1.29, 1.82) is 0 Å². The van der Waals surface area contributed by atoms with Gasteiger partial charge >= 0.3 is 12.1 Å². The Labute approximate surface area is 150 Å². The van der Waals surface area contributed by atoms with Crippen molar-refractivity contribution >= 4 is 35.7 Å². The molecule has 0 spiro atoms. The van der Waals surface area contributed by atoms with Crippen LogP contribution in [0.3, 0.4) is 0 Å². The maximum absolute atomic E-state index is 11.7. The molecule has 0 unspecified atom stereocenters. The van der Waals surface area contributed by atoms with Gasteiger partial charge in [0.2, 0.25) is 23.6 Å². The van der Waals surface area contributed by atoms with Crippen LogP contribution in [-0.4, -0.2) is 58.6 Å². The molecule has 26 heavy (non-hydrogen) atoms. The highest BCUT2D eigenvalue weighted by Crippen LogP contribution is 2.12. The van der Waals surface area contributed by atoms with Crippen molar-refractivity contribution in [3.63, 3.8) is 0 Å². The molecule has 0 atom stereocenters. The van der Waals surface area contributed by atoms with Crippen molar-refractivity contribution in [2.75, 3.05) is 13.1 Å². The molecule has 2 rings (SSSR count). The normalized spacial score (nSPS) is 17.2. The molecule has 0 radical (unpaired) electrons. The number of amides is 8. The van der Waals surface area contributed by atoms with Gasteiger partial charge < -0.3 is 10.6 Å². The van der Waals surface area contributed by atoms with Gasteiger partial charge in [0.25, 0.3) is 0 Å². The molecule has 142 valence electrons. The molecule has 0 saturated carbocycles. The molecule has 10 nitrogen and oxygen atoms in total. The minimum Gasteiger partial charge on any atom is -0.337 e. The quantitative estimate of drug-likeness (QED) is 0.491. The van der Waals surface area contributed by atoms with Crippen LogP contribution in [0, 0.1) is 0 Å². The van der Waals surface area contributed by atoms with Crippen LogP contribution in [0.15, 0.2) is 0 Å². The third kappa shape index (κ3) is 4.87. The Balaban J connectivity index is 1.51. The third-order valence-corrected chi connectivity index (χ3v) is 4.17. The summed E-state index contributed by atoms with van der Waals surface area (Å²) in [6.45, 7) is 0.693. The zero-order valence-corrected chi connectivity index (χ0v) is 14.4. The van der Waals surface area contributed by atoms with Crippen LogP contribution in [-0.2, 0) is 19.2 Å². The molecule has 2 fully saturated rings. The SMILES string of the molecule is O=C1CCC(=O)N1C(=O)NCCCCCCNC(=O)N1C(=O)CCC1=O. The number of hydrogen-bond donors (Lipinski definition) is 2. The van der Waals surface area contributed by atoms with E-state index in [0.29, 0.717) is 35.7 Å². The molecular weight excluding hydrogens is 344 g/mol. The van der Waals surface area contributed by atoms with Gasteiger partial charge in [-0.1, -0.05) is 12.8 Å². The van der Waals surface area contributed by atoms with E-state index in [1.807, 2.05) is 0 Å². The van der Waals surface area contributed by atoms with Crippen LogP contribution in [0.25, 0.3) is 0 Å². The lowest BCUT2D eigenvalue weighted by Crippen LogP contribution is -2.43. The fourth-order valence-corrected chi connectivity index (χ4v) is 2.76. The van der Waals surface area contributed by atoms with Crippen LogP contribution in [0.4, 0.5) is 9.59 Å². The van der Waals surface area contributed by atoms with Crippen LogP contribution in [0.5, 0.6) is 0 Å². The van der Waals surface area contributed by atoms with Crippen molar-refractivity contribution in [2.45, 2.75) is 51.4 Å². The number of nitrogens with one attached hydrogen (secondary N) is 2. The fourth-order valence-electron chi connectivity index (χ4n) is 2.76. The van der Waals surface area contributed by atoms with E-state index in [1.54, 1.807) is 0 Å². The Morgan fingerprint density at radius 3 is 1.23 bits per heavy atom. The molecule has 8 amide bonds. The number of likely N-dealkylation sites (tertiary alicyclic amines) is 2. The fraction of sp³-hybridized carbons (Fsp3) is 0.625. The first kappa shape index (κ1) is 19.5. The first-order valence-electron chi connectivity index (χ1n) is 8.69. The Bertz CT molecular complexity index is 546. The number of urea groups is 2. The van der Waals surface area contributed by atoms with Crippen molar-refractivity contribution in [3.05, 3.63) is 0 Å². The minimum atomic E-state index is -0.676. The Kier molecular flexibility index (Phi) is 6.81. The first-order valence-corrected chi connectivity index (χ1v) is 8.69. The predicted molar refractivity (Wildman–Crippen MR) is 87.4 cm³/mol. The number of nitrogens with zero attached hydrogens (tertiary/aromatic N) is 2. The topological polar surface area (TPSA) is 133 Å². The van der Waals surface area contributed by atoms with Gasteiger partial charge in [-0.2, -0.15) is 0 Å². The lowest BCUT2D eigenvalue weighted by atomic mass is 10.2. The number of rotatable bonds is 7. The first-order chi connectivity index (χ1) is 12.4. The Hall–Kier alpha value is -2.78. The van der Waals surface area contributed by atoms with Crippen LogP contribution < -0.4 is 10.6 Å². The number of hydrogen-bond acceptors (Lipinski definition) is 6. The van der Waals surface area contributed by atoms with Gasteiger partial charge in [-0.05, 0) is 12.8 Å². The number of unbranched alkanes of at least 4 members (excludes halogenated alkanes) is 3. The highest BCUT2D eigenvalue weighted by molar-refractivity contribution is 6.15. The van der Waals surface area contributed by atoms with Gasteiger partial charge in [0.15, 0.2) is 0 Å². The molecule has 2 saturated heterocycles. The molecule has 0 bridgehead atoms. The molecule has 2 heterocycles. The molecule has 0 aromatic carbocycles. The van der Waals surface area contributed by atoms with Gasteiger partial charge in [0.1, 0.15) is 0 Å². The Morgan fingerprint density at radius 1 is 0.615 bits per heavy atom. The summed E-state index contributed by atoms with van der Waals surface area (Å²) in [5.41, 5.74) is 0.